The number of fused-ring (bicyclic) bond motifs is 1. The van der Waals surface area contributed by atoms with Gasteiger partial charge in [-0.1, -0.05) is 13.8 Å². The van der Waals surface area contributed by atoms with E-state index in [9.17, 15) is 19.5 Å². The minimum absolute atomic E-state index is 0.0843. The lowest BCUT2D eigenvalue weighted by Crippen LogP contribution is -2.51. The molecule has 0 aliphatic heterocycles. The van der Waals surface area contributed by atoms with Crippen molar-refractivity contribution in [2.45, 2.75) is 46.3 Å². The van der Waals surface area contributed by atoms with Gasteiger partial charge in [0.25, 0.3) is 5.91 Å². The number of hydrogen-bond acceptors (Lipinski definition) is 6. The lowest BCUT2D eigenvalue weighted by atomic mass is 10.0. The van der Waals surface area contributed by atoms with E-state index in [1.54, 1.807) is 19.1 Å². The number of ether oxygens (including phenoxy) is 1. The maximum absolute atomic E-state index is 12.2. The lowest BCUT2D eigenvalue weighted by molar-refractivity contribution is -0.308. The minimum Gasteiger partial charge on any atom is -0.548 e. The number of carbonyl (C=O) groups is 2. The van der Waals surface area contributed by atoms with Gasteiger partial charge in [0.05, 0.1) is 12.0 Å². The highest BCUT2D eigenvalue weighted by molar-refractivity contribution is 5.86. The maximum Gasteiger partial charge on any atom is 0.336 e. The summed E-state index contributed by atoms with van der Waals surface area (Å²) in [5.74, 6) is -1.48. The number of nitrogens with one attached hydrogen (secondary N) is 1. The summed E-state index contributed by atoms with van der Waals surface area (Å²) >= 11 is 0. The number of carbonyl (C=O) groups excluding carboxylic acids is 2. The number of aliphatic carboxylic acids is 1. The van der Waals surface area contributed by atoms with Crippen molar-refractivity contribution in [3.05, 3.63) is 40.2 Å². The van der Waals surface area contributed by atoms with Crippen LogP contribution in [0, 0.1) is 12.8 Å². The van der Waals surface area contributed by atoms with Gasteiger partial charge >= 0.3 is 5.63 Å². The van der Waals surface area contributed by atoms with E-state index in [-0.39, 0.29) is 12.3 Å². The number of carboxylic acid groups (broad SMARTS) is 1. The number of amides is 1. The molecule has 2 rings (SSSR count). The van der Waals surface area contributed by atoms with Crippen molar-refractivity contribution in [2.75, 3.05) is 0 Å². The van der Waals surface area contributed by atoms with E-state index in [0.717, 1.165) is 10.9 Å². The summed E-state index contributed by atoms with van der Waals surface area (Å²) in [5, 5.41) is 14.3. The van der Waals surface area contributed by atoms with Crippen LogP contribution in [-0.4, -0.2) is 24.0 Å². The van der Waals surface area contributed by atoms with Gasteiger partial charge in [-0.05, 0) is 43.9 Å². The van der Waals surface area contributed by atoms with Crippen LogP contribution in [0.1, 0.15) is 32.8 Å². The standard InChI is InChI=1S/C19H23NO6/c1-10(2)7-15(19(23)24)20-18(22)12(4)25-13-5-6-14-11(3)8-17(21)26-16(14)9-13/h5-6,8-10,12,15H,7H2,1-4H3,(H,20,22)(H,23,24)/p-1/t12-,15-/m1/s1. The summed E-state index contributed by atoms with van der Waals surface area (Å²) in [7, 11) is 0. The second-order valence-electron chi connectivity index (χ2n) is 6.68. The van der Waals surface area contributed by atoms with E-state index in [1.165, 1.54) is 19.1 Å². The number of hydrogen-bond donors (Lipinski definition) is 1. The predicted molar refractivity (Wildman–Crippen MR) is 93.7 cm³/mol. The Morgan fingerprint density at radius 3 is 2.54 bits per heavy atom. The van der Waals surface area contributed by atoms with E-state index in [2.05, 4.69) is 5.32 Å². The molecule has 2 aromatic rings. The van der Waals surface area contributed by atoms with E-state index < -0.39 is 29.6 Å². The minimum atomic E-state index is -1.33. The molecule has 0 spiro atoms. The summed E-state index contributed by atoms with van der Waals surface area (Å²) < 4.78 is 10.7. The molecule has 1 aromatic heterocycles. The number of aryl methyl sites for hydroxylation is 1. The molecule has 0 aliphatic carbocycles. The number of rotatable bonds is 7. The van der Waals surface area contributed by atoms with Gasteiger partial charge in [-0.2, -0.15) is 0 Å². The third-order valence-electron chi connectivity index (χ3n) is 3.91. The first-order valence-electron chi connectivity index (χ1n) is 8.39. The van der Waals surface area contributed by atoms with Crippen LogP contribution >= 0.6 is 0 Å². The van der Waals surface area contributed by atoms with Crippen LogP contribution < -0.4 is 20.8 Å². The SMILES string of the molecule is Cc1cc(=O)oc2cc(O[C@H](C)C(=O)N[C@H](CC(C)C)C(=O)[O-])ccc12. The third-order valence-corrected chi connectivity index (χ3v) is 3.91. The van der Waals surface area contributed by atoms with Gasteiger partial charge in [0.1, 0.15) is 11.3 Å². The Hall–Kier alpha value is -2.83. The number of benzene rings is 1. The molecule has 7 heteroatoms. The summed E-state index contributed by atoms with van der Waals surface area (Å²) in [4.78, 5) is 34.9. The third kappa shape index (κ3) is 4.84. The van der Waals surface area contributed by atoms with Gasteiger partial charge in [-0.15, -0.1) is 0 Å². The zero-order valence-corrected chi connectivity index (χ0v) is 15.2. The van der Waals surface area contributed by atoms with Crippen molar-refractivity contribution >= 4 is 22.8 Å². The second kappa shape index (κ2) is 8.03. The fourth-order valence-electron chi connectivity index (χ4n) is 2.61. The van der Waals surface area contributed by atoms with Crippen LogP contribution in [0.15, 0.2) is 33.5 Å². The van der Waals surface area contributed by atoms with Gasteiger partial charge in [0.15, 0.2) is 6.10 Å². The molecule has 1 N–H and O–H groups in total. The second-order valence-corrected chi connectivity index (χ2v) is 6.68. The molecule has 7 nitrogen and oxygen atoms in total. The van der Waals surface area contributed by atoms with Gasteiger partial charge < -0.3 is 24.4 Å². The largest absolute Gasteiger partial charge is 0.548 e. The first kappa shape index (κ1) is 19.5. The van der Waals surface area contributed by atoms with Crippen molar-refractivity contribution in [3.8, 4) is 5.75 Å². The van der Waals surface area contributed by atoms with Crippen molar-refractivity contribution in [1.82, 2.24) is 5.32 Å². The zero-order valence-electron chi connectivity index (χ0n) is 15.2. The van der Waals surface area contributed by atoms with Crippen molar-refractivity contribution < 1.29 is 23.8 Å². The average molecular weight is 360 g/mol. The van der Waals surface area contributed by atoms with Crippen LogP contribution in [0.3, 0.4) is 0 Å². The smallest absolute Gasteiger partial charge is 0.336 e. The molecule has 26 heavy (non-hydrogen) atoms. The fraction of sp³-hybridized carbons (Fsp3) is 0.421. The Balaban J connectivity index is 2.12. The van der Waals surface area contributed by atoms with E-state index in [4.69, 9.17) is 9.15 Å². The number of carboxylic acids is 1. The van der Waals surface area contributed by atoms with E-state index >= 15 is 0 Å². The Morgan fingerprint density at radius 2 is 1.92 bits per heavy atom. The van der Waals surface area contributed by atoms with Gasteiger partial charge in [-0.3, -0.25) is 4.79 Å². The van der Waals surface area contributed by atoms with E-state index in [0.29, 0.717) is 11.3 Å². The van der Waals surface area contributed by atoms with Crippen LogP contribution in [0.4, 0.5) is 0 Å². The highest BCUT2D eigenvalue weighted by atomic mass is 16.5. The molecule has 0 fully saturated rings. The van der Waals surface area contributed by atoms with Crippen LogP contribution in [0.25, 0.3) is 11.0 Å². The normalized spacial score (nSPS) is 13.4. The van der Waals surface area contributed by atoms with E-state index in [1.807, 2.05) is 13.8 Å². The summed E-state index contributed by atoms with van der Waals surface area (Å²) in [6, 6.07) is 5.23. The highest BCUT2D eigenvalue weighted by Crippen LogP contribution is 2.23. The molecule has 140 valence electrons. The summed E-state index contributed by atoms with van der Waals surface area (Å²) in [6.45, 7) is 7.01. The summed E-state index contributed by atoms with van der Waals surface area (Å²) in [5.41, 5.74) is 0.662. The molecule has 0 saturated carbocycles. The maximum atomic E-state index is 12.2. The summed E-state index contributed by atoms with van der Waals surface area (Å²) in [6.07, 6.45) is -0.667. The Labute approximate surface area is 151 Å². The highest BCUT2D eigenvalue weighted by Gasteiger charge is 2.21. The molecule has 0 aliphatic rings. The first-order valence-corrected chi connectivity index (χ1v) is 8.39. The average Bonchev–Trinajstić information content (AvgIpc) is 2.52. The molecule has 0 bridgehead atoms. The lowest BCUT2D eigenvalue weighted by Gasteiger charge is -2.23. The van der Waals surface area contributed by atoms with Crippen molar-refractivity contribution in [3.63, 3.8) is 0 Å². The first-order chi connectivity index (χ1) is 12.2. The molecule has 0 unspecified atom stereocenters. The Bertz CT molecular complexity index is 870. The van der Waals surface area contributed by atoms with Gasteiger partial charge in [-0.25, -0.2) is 4.79 Å². The molecule has 1 heterocycles. The zero-order chi connectivity index (χ0) is 19.4. The van der Waals surface area contributed by atoms with Crippen molar-refractivity contribution in [2.24, 2.45) is 5.92 Å². The van der Waals surface area contributed by atoms with Crippen LogP contribution in [-0.2, 0) is 9.59 Å². The molecular formula is C19H22NO6-. The molecule has 1 aromatic carbocycles. The fourth-order valence-corrected chi connectivity index (χ4v) is 2.61. The Morgan fingerprint density at radius 1 is 1.23 bits per heavy atom. The topological polar surface area (TPSA) is 109 Å². The quantitative estimate of drug-likeness (QED) is 0.742. The molecular weight excluding hydrogens is 338 g/mol. The molecule has 2 atom stereocenters. The van der Waals surface area contributed by atoms with Gasteiger partial charge in [0.2, 0.25) is 0 Å². The van der Waals surface area contributed by atoms with Crippen molar-refractivity contribution in [1.29, 1.82) is 0 Å². The van der Waals surface area contributed by atoms with Crippen LogP contribution in [0.5, 0.6) is 5.75 Å². The molecule has 1 amide bonds. The predicted octanol–water partition coefficient (Wildman–Crippen LogP) is 1.15. The van der Waals surface area contributed by atoms with Gasteiger partial charge in [0, 0.05) is 17.5 Å². The van der Waals surface area contributed by atoms with Crippen LogP contribution in [0.2, 0.25) is 0 Å². The molecule has 0 saturated heterocycles. The Kier molecular flexibility index (Phi) is 6.02. The monoisotopic (exact) mass is 360 g/mol. The molecule has 0 radical (unpaired) electrons.